The number of hydrogen-bond acceptors (Lipinski definition) is 4. The summed E-state index contributed by atoms with van der Waals surface area (Å²) < 4.78 is 0. The van der Waals surface area contributed by atoms with Crippen LogP contribution in [0, 0.1) is 0 Å². The molecule has 0 bridgehead atoms. The van der Waals surface area contributed by atoms with Gasteiger partial charge in [-0.1, -0.05) is 18.2 Å². The van der Waals surface area contributed by atoms with Crippen LogP contribution in [-0.2, 0) is 0 Å². The minimum absolute atomic E-state index is 0.304. The number of para-hydroxylation sites is 1. The molecule has 0 amide bonds. The van der Waals surface area contributed by atoms with E-state index < -0.39 is 0 Å². The number of nitrogens with two attached hydrogens (primary N) is 1. The number of hydrogen-bond donors (Lipinski definition) is 2. The van der Waals surface area contributed by atoms with Crippen molar-refractivity contribution < 1.29 is 5.11 Å². The summed E-state index contributed by atoms with van der Waals surface area (Å²) >= 11 is 0. The van der Waals surface area contributed by atoms with Crippen molar-refractivity contribution in [3.8, 4) is 0 Å². The predicted molar refractivity (Wildman–Crippen MR) is 75.7 cm³/mol. The Hall–Kier alpha value is -1.81. The van der Waals surface area contributed by atoms with Crippen LogP contribution in [0.25, 0.3) is 10.9 Å². The molecule has 0 fully saturated rings. The van der Waals surface area contributed by atoms with Crippen LogP contribution in [-0.4, -0.2) is 29.8 Å². The van der Waals surface area contributed by atoms with Crippen LogP contribution in [0.1, 0.15) is 13.3 Å². The number of aliphatic hydroxyl groups excluding tert-OH is 1. The molecule has 4 nitrogen and oxygen atoms in total. The largest absolute Gasteiger partial charge is 0.396 e. The minimum Gasteiger partial charge on any atom is -0.396 e. The zero-order valence-corrected chi connectivity index (χ0v) is 10.8. The van der Waals surface area contributed by atoms with Crippen molar-refractivity contribution in [2.75, 3.05) is 24.2 Å². The number of nitrogen functional groups attached to an aromatic ring is 1. The Morgan fingerprint density at radius 2 is 2.11 bits per heavy atom. The summed E-state index contributed by atoms with van der Waals surface area (Å²) in [4.78, 5) is 6.39. The molecular weight excluding hydrogens is 226 g/mol. The second kappa shape index (κ2) is 5.23. The molecule has 0 spiro atoms. The molecule has 0 aliphatic carbocycles. The van der Waals surface area contributed by atoms with Crippen LogP contribution >= 0.6 is 0 Å². The first-order valence-corrected chi connectivity index (χ1v) is 6.12. The Bertz CT molecular complexity index is 540. The maximum absolute atomic E-state index is 9.36. The normalized spacial score (nSPS) is 12.6. The van der Waals surface area contributed by atoms with Crippen molar-refractivity contribution in [1.82, 2.24) is 4.98 Å². The highest BCUT2D eigenvalue weighted by Gasteiger charge is 2.11. The quantitative estimate of drug-likeness (QED) is 0.865. The fraction of sp³-hybridized carbons (Fsp3) is 0.357. The molecule has 4 heteroatoms. The highest BCUT2D eigenvalue weighted by molar-refractivity contribution is 5.97. The second-order valence-corrected chi connectivity index (χ2v) is 4.64. The summed E-state index contributed by atoms with van der Waals surface area (Å²) in [5.74, 6) is 0. The zero-order valence-electron chi connectivity index (χ0n) is 10.8. The third kappa shape index (κ3) is 2.54. The molecule has 1 atom stereocenters. The SMILES string of the molecule is CC(O)CCN(C)c1c(N)cnc2ccccc12. The van der Waals surface area contributed by atoms with Crippen LogP contribution in [0.5, 0.6) is 0 Å². The lowest BCUT2D eigenvalue weighted by Crippen LogP contribution is -2.23. The number of benzene rings is 1. The molecule has 0 radical (unpaired) electrons. The lowest BCUT2D eigenvalue weighted by atomic mass is 10.1. The molecule has 2 aromatic rings. The molecule has 0 aliphatic heterocycles. The van der Waals surface area contributed by atoms with Gasteiger partial charge in [0.05, 0.1) is 29.2 Å². The molecule has 0 saturated carbocycles. The number of pyridine rings is 1. The summed E-state index contributed by atoms with van der Waals surface area (Å²) in [7, 11) is 1.99. The molecule has 1 aromatic carbocycles. The van der Waals surface area contributed by atoms with Crippen molar-refractivity contribution in [2.45, 2.75) is 19.4 Å². The fourth-order valence-electron chi connectivity index (χ4n) is 2.06. The monoisotopic (exact) mass is 245 g/mol. The molecule has 1 unspecified atom stereocenters. The van der Waals surface area contributed by atoms with Crippen molar-refractivity contribution in [3.05, 3.63) is 30.5 Å². The third-order valence-electron chi connectivity index (χ3n) is 3.04. The number of aromatic nitrogens is 1. The summed E-state index contributed by atoms with van der Waals surface area (Å²) in [5.41, 5.74) is 8.62. The van der Waals surface area contributed by atoms with Gasteiger partial charge >= 0.3 is 0 Å². The van der Waals surface area contributed by atoms with E-state index in [1.54, 1.807) is 13.1 Å². The minimum atomic E-state index is -0.304. The summed E-state index contributed by atoms with van der Waals surface area (Å²) in [5, 5.41) is 10.4. The molecular formula is C14H19N3O. The predicted octanol–water partition coefficient (Wildman–Crippen LogP) is 2.02. The van der Waals surface area contributed by atoms with Crippen LogP contribution < -0.4 is 10.6 Å². The first-order chi connectivity index (χ1) is 8.59. The van der Waals surface area contributed by atoms with Gasteiger partial charge < -0.3 is 15.7 Å². The van der Waals surface area contributed by atoms with E-state index in [1.165, 1.54) is 0 Å². The zero-order chi connectivity index (χ0) is 13.1. The molecule has 3 N–H and O–H groups in total. The Morgan fingerprint density at radius 1 is 1.39 bits per heavy atom. The van der Waals surface area contributed by atoms with Crippen molar-refractivity contribution in [2.24, 2.45) is 0 Å². The van der Waals surface area contributed by atoms with Crippen LogP contribution in [0.4, 0.5) is 11.4 Å². The van der Waals surface area contributed by atoms with Gasteiger partial charge in [0.1, 0.15) is 0 Å². The fourth-order valence-corrected chi connectivity index (χ4v) is 2.06. The molecule has 1 aromatic heterocycles. The second-order valence-electron chi connectivity index (χ2n) is 4.64. The molecule has 18 heavy (non-hydrogen) atoms. The highest BCUT2D eigenvalue weighted by atomic mass is 16.3. The molecule has 0 saturated heterocycles. The van der Waals surface area contributed by atoms with E-state index in [-0.39, 0.29) is 6.10 Å². The number of rotatable bonds is 4. The summed E-state index contributed by atoms with van der Waals surface area (Å²) in [6.07, 6.45) is 2.10. The Labute approximate surface area is 107 Å². The molecule has 0 aliphatic rings. The number of aliphatic hydroxyl groups is 1. The van der Waals surface area contributed by atoms with E-state index in [9.17, 15) is 5.11 Å². The van der Waals surface area contributed by atoms with E-state index in [4.69, 9.17) is 5.73 Å². The van der Waals surface area contributed by atoms with Gasteiger partial charge in [-0.05, 0) is 19.4 Å². The maximum Gasteiger partial charge on any atom is 0.0745 e. The lowest BCUT2D eigenvalue weighted by Gasteiger charge is -2.23. The van der Waals surface area contributed by atoms with E-state index in [0.717, 1.165) is 23.1 Å². The Kier molecular flexibility index (Phi) is 3.67. The highest BCUT2D eigenvalue weighted by Crippen LogP contribution is 2.30. The van der Waals surface area contributed by atoms with E-state index >= 15 is 0 Å². The van der Waals surface area contributed by atoms with Gasteiger partial charge in [0.15, 0.2) is 0 Å². The average Bonchev–Trinajstić information content (AvgIpc) is 2.36. The third-order valence-corrected chi connectivity index (χ3v) is 3.04. The first kappa shape index (κ1) is 12.6. The summed E-state index contributed by atoms with van der Waals surface area (Å²) in [6, 6.07) is 7.94. The van der Waals surface area contributed by atoms with Crippen molar-refractivity contribution in [3.63, 3.8) is 0 Å². The van der Waals surface area contributed by atoms with Gasteiger partial charge in [-0.2, -0.15) is 0 Å². The van der Waals surface area contributed by atoms with Crippen LogP contribution in [0.15, 0.2) is 30.5 Å². The van der Waals surface area contributed by atoms with Gasteiger partial charge in [-0.3, -0.25) is 4.98 Å². The van der Waals surface area contributed by atoms with Crippen LogP contribution in [0.3, 0.4) is 0 Å². The van der Waals surface area contributed by atoms with Crippen LogP contribution in [0.2, 0.25) is 0 Å². The van der Waals surface area contributed by atoms with Gasteiger partial charge in [-0.15, -0.1) is 0 Å². The lowest BCUT2D eigenvalue weighted by molar-refractivity contribution is 0.187. The Morgan fingerprint density at radius 3 is 2.83 bits per heavy atom. The number of nitrogens with zero attached hydrogens (tertiary/aromatic N) is 2. The van der Waals surface area contributed by atoms with E-state index in [1.807, 2.05) is 31.3 Å². The molecule has 1 heterocycles. The first-order valence-electron chi connectivity index (χ1n) is 6.12. The number of anilines is 2. The smallest absolute Gasteiger partial charge is 0.0745 e. The summed E-state index contributed by atoms with van der Waals surface area (Å²) in [6.45, 7) is 2.55. The average molecular weight is 245 g/mol. The van der Waals surface area contributed by atoms with Gasteiger partial charge in [0.2, 0.25) is 0 Å². The maximum atomic E-state index is 9.36. The van der Waals surface area contributed by atoms with E-state index in [0.29, 0.717) is 12.1 Å². The van der Waals surface area contributed by atoms with Crippen molar-refractivity contribution >= 4 is 22.3 Å². The van der Waals surface area contributed by atoms with Gasteiger partial charge in [0, 0.05) is 19.0 Å². The molecule has 2 rings (SSSR count). The Balaban J connectivity index is 2.39. The standard InChI is InChI=1S/C14H19N3O/c1-10(18)7-8-17(2)14-11-5-3-4-6-13(11)16-9-12(14)15/h3-6,9-10,18H,7-8,15H2,1-2H3. The van der Waals surface area contributed by atoms with Gasteiger partial charge in [-0.25, -0.2) is 0 Å². The number of fused-ring (bicyclic) bond motifs is 1. The topological polar surface area (TPSA) is 62.4 Å². The van der Waals surface area contributed by atoms with E-state index in [2.05, 4.69) is 9.88 Å². The van der Waals surface area contributed by atoms with Crippen molar-refractivity contribution in [1.29, 1.82) is 0 Å². The molecule has 96 valence electrons. The van der Waals surface area contributed by atoms with Gasteiger partial charge in [0.25, 0.3) is 0 Å².